The lowest BCUT2D eigenvalue weighted by atomic mass is 10.1. The number of hydrogen-bond donors (Lipinski definition) is 0. The zero-order chi connectivity index (χ0) is 14.8. The van der Waals surface area contributed by atoms with E-state index in [2.05, 4.69) is 0 Å². The Morgan fingerprint density at radius 2 is 1.60 bits per heavy atom. The van der Waals surface area contributed by atoms with Crippen LogP contribution in [0.1, 0.15) is 11.1 Å². The summed E-state index contributed by atoms with van der Waals surface area (Å²) in [5.41, 5.74) is 1.94. The molecule has 2 aromatic rings. The molecule has 0 heterocycles. The highest BCUT2D eigenvalue weighted by molar-refractivity contribution is 7.87. The standard InChI is InChI=1S/C15H16O4S/c1-11-7-8-15(9-12(11)2)20(16,17)19-14-6-4-5-13(10-14)18-3/h4-10H,1-3H3. The summed E-state index contributed by atoms with van der Waals surface area (Å²) in [7, 11) is -2.32. The number of ether oxygens (including phenoxy) is 1. The van der Waals surface area contributed by atoms with E-state index in [0.717, 1.165) is 11.1 Å². The van der Waals surface area contributed by atoms with Crippen LogP contribution in [0.25, 0.3) is 0 Å². The molecule has 0 aliphatic rings. The monoisotopic (exact) mass is 292 g/mol. The molecule has 0 aliphatic carbocycles. The van der Waals surface area contributed by atoms with Crippen molar-refractivity contribution in [2.24, 2.45) is 0 Å². The molecule has 0 atom stereocenters. The normalized spacial score (nSPS) is 11.2. The van der Waals surface area contributed by atoms with Crippen molar-refractivity contribution in [2.45, 2.75) is 18.7 Å². The van der Waals surface area contributed by atoms with Crippen LogP contribution in [0.2, 0.25) is 0 Å². The van der Waals surface area contributed by atoms with Crippen LogP contribution < -0.4 is 8.92 Å². The van der Waals surface area contributed by atoms with Gasteiger partial charge in [0.05, 0.1) is 7.11 Å². The van der Waals surface area contributed by atoms with Gasteiger partial charge in [-0.2, -0.15) is 8.42 Å². The highest BCUT2D eigenvalue weighted by atomic mass is 32.2. The number of hydrogen-bond acceptors (Lipinski definition) is 4. The molecule has 0 N–H and O–H groups in total. The van der Waals surface area contributed by atoms with Crippen molar-refractivity contribution in [3.63, 3.8) is 0 Å². The molecular weight excluding hydrogens is 276 g/mol. The lowest BCUT2D eigenvalue weighted by Crippen LogP contribution is -2.10. The maximum atomic E-state index is 12.2. The van der Waals surface area contributed by atoms with Crippen LogP contribution in [0.5, 0.6) is 11.5 Å². The van der Waals surface area contributed by atoms with Gasteiger partial charge < -0.3 is 8.92 Å². The van der Waals surface area contributed by atoms with Crippen molar-refractivity contribution in [3.8, 4) is 11.5 Å². The highest BCUT2D eigenvalue weighted by Crippen LogP contribution is 2.24. The SMILES string of the molecule is COc1cccc(OS(=O)(=O)c2ccc(C)c(C)c2)c1. The second-order valence-corrected chi connectivity index (χ2v) is 6.01. The Balaban J connectivity index is 2.32. The van der Waals surface area contributed by atoms with Gasteiger partial charge in [0.15, 0.2) is 0 Å². The van der Waals surface area contributed by atoms with E-state index >= 15 is 0 Å². The van der Waals surface area contributed by atoms with E-state index in [0.29, 0.717) is 5.75 Å². The van der Waals surface area contributed by atoms with Crippen LogP contribution in [0.3, 0.4) is 0 Å². The summed E-state index contributed by atoms with van der Waals surface area (Å²) in [6, 6.07) is 11.4. The molecule has 0 spiro atoms. The van der Waals surface area contributed by atoms with Gasteiger partial charge in [0.1, 0.15) is 16.4 Å². The molecule has 0 bridgehead atoms. The third-order valence-corrected chi connectivity index (χ3v) is 4.26. The minimum atomic E-state index is -3.83. The van der Waals surface area contributed by atoms with E-state index in [4.69, 9.17) is 8.92 Å². The zero-order valence-electron chi connectivity index (χ0n) is 11.6. The summed E-state index contributed by atoms with van der Waals surface area (Å²) in [4.78, 5) is 0.142. The highest BCUT2D eigenvalue weighted by Gasteiger charge is 2.17. The minimum absolute atomic E-state index is 0.142. The third kappa shape index (κ3) is 3.11. The predicted molar refractivity (Wildman–Crippen MR) is 76.7 cm³/mol. The van der Waals surface area contributed by atoms with E-state index in [1.165, 1.54) is 19.2 Å². The van der Waals surface area contributed by atoms with Crippen LogP contribution in [-0.4, -0.2) is 15.5 Å². The lowest BCUT2D eigenvalue weighted by Gasteiger charge is -2.09. The summed E-state index contributed by atoms with van der Waals surface area (Å²) in [6.45, 7) is 3.79. The first-order chi connectivity index (χ1) is 9.42. The Hall–Kier alpha value is -2.01. The molecule has 20 heavy (non-hydrogen) atoms. The van der Waals surface area contributed by atoms with Crippen molar-refractivity contribution in [1.29, 1.82) is 0 Å². The fourth-order valence-electron chi connectivity index (χ4n) is 1.70. The molecule has 2 rings (SSSR count). The third-order valence-electron chi connectivity index (χ3n) is 3.01. The van der Waals surface area contributed by atoms with Crippen LogP contribution in [-0.2, 0) is 10.1 Å². The first-order valence-corrected chi connectivity index (χ1v) is 7.49. The molecule has 0 saturated heterocycles. The second-order valence-electron chi connectivity index (χ2n) is 4.46. The maximum absolute atomic E-state index is 12.2. The van der Waals surface area contributed by atoms with Gasteiger partial charge in [0.2, 0.25) is 0 Å². The topological polar surface area (TPSA) is 52.6 Å². The Morgan fingerprint density at radius 1 is 0.900 bits per heavy atom. The van der Waals surface area contributed by atoms with Crippen molar-refractivity contribution in [1.82, 2.24) is 0 Å². The van der Waals surface area contributed by atoms with E-state index in [9.17, 15) is 8.42 Å². The predicted octanol–water partition coefficient (Wildman–Crippen LogP) is 3.08. The Kier molecular flexibility index (Phi) is 3.99. The quantitative estimate of drug-likeness (QED) is 0.813. The average Bonchev–Trinajstić information content (AvgIpc) is 2.41. The van der Waals surface area contributed by atoms with Gasteiger partial charge in [0.25, 0.3) is 0 Å². The largest absolute Gasteiger partial charge is 0.497 e. The fourth-order valence-corrected chi connectivity index (χ4v) is 2.71. The fraction of sp³-hybridized carbons (Fsp3) is 0.200. The summed E-state index contributed by atoms with van der Waals surface area (Å²) < 4.78 is 34.6. The molecule has 0 unspecified atom stereocenters. The molecule has 0 radical (unpaired) electrons. The van der Waals surface area contributed by atoms with Gasteiger partial charge in [0, 0.05) is 6.07 Å². The van der Waals surface area contributed by atoms with E-state index in [1.54, 1.807) is 30.3 Å². The molecule has 0 fully saturated rings. The van der Waals surface area contributed by atoms with Crippen LogP contribution in [0.15, 0.2) is 47.4 Å². The second kappa shape index (κ2) is 5.54. The van der Waals surface area contributed by atoms with Gasteiger partial charge >= 0.3 is 10.1 Å². The summed E-state index contributed by atoms with van der Waals surface area (Å²) in [5, 5.41) is 0. The number of methoxy groups -OCH3 is 1. The molecule has 0 amide bonds. The zero-order valence-corrected chi connectivity index (χ0v) is 12.4. The van der Waals surface area contributed by atoms with Gasteiger partial charge in [-0.05, 0) is 49.2 Å². The van der Waals surface area contributed by atoms with Gasteiger partial charge in [-0.3, -0.25) is 0 Å². The number of rotatable bonds is 4. The Labute approximate surface area is 119 Å². The maximum Gasteiger partial charge on any atom is 0.339 e. The number of benzene rings is 2. The van der Waals surface area contributed by atoms with Crippen molar-refractivity contribution >= 4 is 10.1 Å². The summed E-state index contributed by atoms with van der Waals surface area (Å²) in [6.07, 6.45) is 0. The average molecular weight is 292 g/mol. The first-order valence-electron chi connectivity index (χ1n) is 6.08. The summed E-state index contributed by atoms with van der Waals surface area (Å²) in [5.74, 6) is 0.764. The molecular formula is C15H16O4S. The van der Waals surface area contributed by atoms with E-state index < -0.39 is 10.1 Å². The Morgan fingerprint density at radius 3 is 2.25 bits per heavy atom. The number of aryl methyl sites for hydroxylation is 2. The van der Waals surface area contributed by atoms with Gasteiger partial charge in [-0.15, -0.1) is 0 Å². The molecule has 2 aromatic carbocycles. The molecule has 0 aromatic heterocycles. The van der Waals surface area contributed by atoms with Crippen molar-refractivity contribution < 1.29 is 17.3 Å². The summed E-state index contributed by atoms with van der Waals surface area (Å²) >= 11 is 0. The molecule has 0 saturated carbocycles. The van der Waals surface area contributed by atoms with E-state index in [1.807, 2.05) is 13.8 Å². The lowest BCUT2D eigenvalue weighted by molar-refractivity contribution is 0.411. The molecule has 4 nitrogen and oxygen atoms in total. The minimum Gasteiger partial charge on any atom is -0.497 e. The van der Waals surface area contributed by atoms with Crippen molar-refractivity contribution in [2.75, 3.05) is 7.11 Å². The van der Waals surface area contributed by atoms with Crippen molar-refractivity contribution in [3.05, 3.63) is 53.6 Å². The van der Waals surface area contributed by atoms with Crippen LogP contribution in [0, 0.1) is 13.8 Å². The van der Waals surface area contributed by atoms with Crippen LogP contribution in [0.4, 0.5) is 0 Å². The van der Waals surface area contributed by atoms with Gasteiger partial charge in [-0.25, -0.2) is 0 Å². The Bertz CT molecular complexity index is 720. The van der Waals surface area contributed by atoms with E-state index in [-0.39, 0.29) is 10.6 Å². The molecule has 106 valence electrons. The molecule has 5 heteroatoms. The van der Waals surface area contributed by atoms with Gasteiger partial charge in [-0.1, -0.05) is 12.1 Å². The molecule has 0 aliphatic heterocycles. The van der Waals surface area contributed by atoms with Crippen LogP contribution >= 0.6 is 0 Å². The first kappa shape index (κ1) is 14.4. The smallest absolute Gasteiger partial charge is 0.339 e.